The van der Waals surface area contributed by atoms with E-state index in [0.717, 1.165) is 12.2 Å². The topological polar surface area (TPSA) is 58.9 Å². The van der Waals surface area contributed by atoms with Gasteiger partial charge in [0.05, 0.1) is 23.1 Å². The number of aliphatic hydroxyl groups excluding tert-OH is 1. The van der Waals surface area contributed by atoms with Gasteiger partial charge in [-0.3, -0.25) is 9.79 Å². The van der Waals surface area contributed by atoms with Crippen LogP contribution in [0, 0.1) is 11.7 Å². The first kappa shape index (κ1) is 19.4. The first-order valence-corrected chi connectivity index (χ1v) is 10.0. The number of ether oxygens (including phenoxy) is 1. The van der Waals surface area contributed by atoms with E-state index in [2.05, 4.69) is 0 Å². The molecule has 1 unspecified atom stereocenters. The van der Waals surface area contributed by atoms with E-state index in [1.807, 2.05) is 20.8 Å². The number of carbonyl (C=O) groups is 1. The highest BCUT2D eigenvalue weighted by Gasteiger charge is 2.48. The normalized spacial score (nSPS) is 28.9. The van der Waals surface area contributed by atoms with Crippen LogP contribution in [-0.2, 0) is 15.1 Å². The van der Waals surface area contributed by atoms with Crippen LogP contribution in [0.5, 0.6) is 0 Å². The Morgan fingerprint density at radius 3 is 2.81 bits per heavy atom. The largest absolute Gasteiger partial charge is 0.460 e. The highest BCUT2D eigenvalue weighted by Crippen LogP contribution is 2.50. The summed E-state index contributed by atoms with van der Waals surface area (Å²) < 4.78 is 20.0. The molecule has 1 heterocycles. The van der Waals surface area contributed by atoms with Gasteiger partial charge in [0.2, 0.25) is 0 Å². The Bertz CT molecular complexity index is 715. The van der Waals surface area contributed by atoms with Crippen molar-refractivity contribution in [3.8, 4) is 0 Å². The van der Waals surface area contributed by atoms with Gasteiger partial charge in [-0.15, -0.1) is 11.8 Å². The summed E-state index contributed by atoms with van der Waals surface area (Å²) in [7, 11) is 0. The molecule has 3 atom stereocenters. The molecule has 0 aromatic heterocycles. The fourth-order valence-electron chi connectivity index (χ4n) is 3.86. The minimum atomic E-state index is -0.800. The SMILES string of the molecule is CC(C)(C)OC(=O)CC1=N[C@@]2(c3ccccc3F)CC(O)CC[C@H]2CS1. The average molecular weight is 379 g/mol. The second-order valence-electron chi connectivity index (χ2n) is 8.12. The van der Waals surface area contributed by atoms with Crippen LogP contribution in [0.15, 0.2) is 29.3 Å². The van der Waals surface area contributed by atoms with E-state index in [4.69, 9.17) is 9.73 Å². The number of benzene rings is 1. The third kappa shape index (κ3) is 4.12. The lowest BCUT2D eigenvalue weighted by Crippen LogP contribution is -2.46. The van der Waals surface area contributed by atoms with E-state index in [0.29, 0.717) is 23.4 Å². The molecule has 4 nitrogen and oxygen atoms in total. The molecule has 2 aliphatic rings. The second-order valence-corrected chi connectivity index (χ2v) is 9.21. The Kier molecular flexibility index (Phi) is 5.45. The van der Waals surface area contributed by atoms with Crippen molar-refractivity contribution in [3.05, 3.63) is 35.6 Å². The lowest BCUT2D eigenvalue weighted by atomic mass is 9.68. The fraction of sp³-hybridized carbons (Fsp3) is 0.600. The van der Waals surface area contributed by atoms with Crippen molar-refractivity contribution >= 4 is 22.8 Å². The molecule has 1 N–H and O–H groups in total. The molecule has 1 aromatic carbocycles. The number of halogens is 1. The number of aliphatic hydroxyl groups is 1. The number of aliphatic imine (C=N–C) groups is 1. The molecule has 26 heavy (non-hydrogen) atoms. The van der Waals surface area contributed by atoms with Crippen molar-refractivity contribution in [2.45, 2.75) is 63.7 Å². The summed E-state index contributed by atoms with van der Waals surface area (Å²) in [5, 5.41) is 11.0. The van der Waals surface area contributed by atoms with Crippen LogP contribution in [0.2, 0.25) is 0 Å². The fourth-order valence-corrected chi connectivity index (χ4v) is 5.15. The first-order chi connectivity index (χ1) is 12.2. The molecule has 0 spiro atoms. The van der Waals surface area contributed by atoms with E-state index in [1.54, 1.807) is 30.0 Å². The molecule has 1 aliphatic carbocycles. The van der Waals surface area contributed by atoms with E-state index in [-0.39, 0.29) is 24.1 Å². The van der Waals surface area contributed by atoms with Crippen LogP contribution in [0.25, 0.3) is 0 Å². The molecule has 1 fully saturated rings. The summed E-state index contributed by atoms with van der Waals surface area (Å²) in [5.41, 5.74) is -0.833. The highest BCUT2D eigenvalue weighted by molar-refractivity contribution is 8.14. The predicted molar refractivity (Wildman–Crippen MR) is 102 cm³/mol. The predicted octanol–water partition coefficient (Wildman–Crippen LogP) is 4.06. The van der Waals surface area contributed by atoms with Crippen LogP contribution >= 0.6 is 11.8 Å². The third-order valence-corrected chi connectivity index (χ3v) is 6.04. The zero-order valence-electron chi connectivity index (χ0n) is 15.5. The van der Waals surface area contributed by atoms with Gasteiger partial charge in [0.15, 0.2) is 0 Å². The number of esters is 1. The van der Waals surface area contributed by atoms with Gasteiger partial charge in [-0.25, -0.2) is 4.39 Å². The van der Waals surface area contributed by atoms with Gasteiger partial charge in [-0.05, 0) is 45.6 Å². The van der Waals surface area contributed by atoms with Crippen molar-refractivity contribution < 1.29 is 19.0 Å². The lowest BCUT2D eigenvalue weighted by Gasteiger charge is -2.46. The van der Waals surface area contributed by atoms with Crippen LogP contribution in [0.1, 0.15) is 52.0 Å². The minimum absolute atomic E-state index is 0.0843. The van der Waals surface area contributed by atoms with Gasteiger partial charge in [0.1, 0.15) is 11.4 Å². The van der Waals surface area contributed by atoms with Crippen molar-refractivity contribution in [1.82, 2.24) is 0 Å². The lowest BCUT2D eigenvalue weighted by molar-refractivity contribution is -0.153. The van der Waals surface area contributed by atoms with Gasteiger partial charge in [-0.1, -0.05) is 18.2 Å². The smallest absolute Gasteiger partial charge is 0.312 e. The molecule has 1 aliphatic heterocycles. The minimum Gasteiger partial charge on any atom is -0.460 e. The van der Waals surface area contributed by atoms with E-state index >= 15 is 0 Å². The summed E-state index contributed by atoms with van der Waals surface area (Å²) in [6.07, 6.45) is 1.46. The number of carbonyl (C=O) groups excluding carboxylic acids is 1. The van der Waals surface area contributed by atoms with E-state index in [9.17, 15) is 14.3 Å². The Balaban J connectivity index is 1.95. The molecule has 0 radical (unpaired) electrons. The molecule has 3 rings (SSSR count). The number of hydrogen-bond acceptors (Lipinski definition) is 5. The van der Waals surface area contributed by atoms with Crippen molar-refractivity contribution in [3.63, 3.8) is 0 Å². The quantitative estimate of drug-likeness (QED) is 0.805. The van der Waals surface area contributed by atoms with Gasteiger partial charge in [0.25, 0.3) is 0 Å². The summed E-state index contributed by atoms with van der Waals surface area (Å²) in [4.78, 5) is 17.1. The Morgan fingerprint density at radius 1 is 1.38 bits per heavy atom. The molecule has 0 amide bonds. The maximum absolute atomic E-state index is 14.6. The molecule has 0 saturated heterocycles. The van der Waals surface area contributed by atoms with Gasteiger partial charge >= 0.3 is 5.97 Å². The standard InChI is InChI=1S/C20H26FNO3S/c1-19(2,3)25-18(24)10-17-22-20(15-6-4-5-7-16(15)21)11-14(23)9-8-13(20)12-26-17/h4-7,13-14,23H,8-12H2,1-3H3/t13-,14?,20-/m0/s1. The third-order valence-electron chi connectivity index (χ3n) is 4.90. The Labute approximate surface area is 158 Å². The molecular formula is C20H26FNO3S. The van der Waals surface area contributed by atoms with Crippen LogP contribution in [0.3, 0.4) is 0 Å². The summed E-state index contributed by atoms with van der Waals surface area (Å²) in [6.45, 7) is 5.49. The van der Waals surface area contributed by atoms with E-state index < -0.39 is 17.2 Å². The van der Waals surface area contributed by atoms with Crippen LogP contribution < -0.4 is 0 Å². The molecular weight excluding hydrogens is 353 g/mol. The highest BCUT2D eigenvalue weighted by atomic mass is 32.2. The zero-order valence-corrected chi connectivity index (χ0v) is 16.3. The van der Waals surface area contributed by atoms with E-state index in [1.165, 1.54) is 6.07 Å². The van der Waals surface area contributed by atoms with Crippen molar-refractivity contribution in [1.29, 1.82) is 0 Å². The van der Waals surface area contributed by atoms with Crippen molar-refractivity contribution in [2.24, 2.45) is 10.9 Å². The maximum atomic E-state index is 14.6. The first-order valence-electron chi connectivity index (χ1n) is 9.06. The van der Waals surface area contributed by atoms with Gasteiger partial charge < -0.3 is 9.84 Å². The van der Waals surface area contributed by atoms with Crippen molar-refractivity contribution in [2.75, 3.05) is 5.75 Å². The average Bonchev–Trinajstić information content (AvgIpc) is 2.52. The number of thioether (sulfide) groups is 1. The Morgan fingerprint density at radius 2 is 2.12 bits per heavy atom. The molecule has 0 bridgehead atoms. The number of nitrogens with zero attached hydrogens (tertiary/aromatic N) is 1. The molecule has 1 aromatic rings. The number of hydrogen-bond donors (Lipinski definition) is 1. The maximum Gasteiger partial charge on any atom is 0.312 e. The van der Waals surface area contributed by atoms with Crippen LogP contribution in [0.4, 0.5) is 4.39 Å². The monoisotopic (exact) mass is 379 g/mol. The summed E-state index contributed by atoms with van der Waals surface area (Å²) >= 11 is 1.55. The number of rotatable bonds is 3. The molecule has 142 valence electrons. The summed E-state index contributed by atoms with van der Waals surface area (Å²) in [6, 6.07) is 6.65. The van der Waals surface area contributed by atoms with Crippen LogP contribution in [-0.4, -0.2) is 33.6 Å². The zero-order chi connectivity index (χ0) is 18.9. The summed E-state index contributed by atoms with van der Waals surface area (Å²) in [5.74, 6) is 0.277. The second kappa shape index (κ2) is 7.31. The number of fused-ring (bicyclic) bond motifs is 1. The van der Waals surface area contributed by atoms with Gasteiger partial charge in [0, 0.05) is 17.7 Å². The molecule has 1 saturated carbocycles. The Hall–Kier alpha value is -1.40. The molecule has 6 heteroatoms. The van der Waals surface area contributed by atoms with Gasteiger partial charge in [-0.2, -0.15) is 0 Å².